The minimum absolute atomic E-state index is 0.0379. The lowest BCUT2D eigenvalue weighted by Crippen LogP contribution is -2.48. The molecule has 1 aliphatic carbocycles. The predicted molar refractivity (Wildman–Crippen MR) is 167 cm³/mol. The summed E-state index contributed by atoms with van der Waals surface area (Å²) in [6, 6.07) is 22.0. The second-order valence-electron chi connectivity index (χ2n) is 11.8. The van der Waals surface area contributed by atoms with Crippen LogP contribution in [0.4, 0.5) is 20.2 Å². The molecular formula is C35H29F2N5O4. The lowest BCUT2D eigenvalue weighted by atomic mass is 9.73. The summed E-state index contributed by atoms with van der Waals surface area (Å²) in [5, 5.41) is 22.9. The normalized spacial score (nSPS) is 16.3. The second-order valence-corrected chi connectivity index (χ2v) is 11.8. The Morgan fingerprint density at radius 2 is 1.76 bits per heavy atom. The van der Waals surface area contributed by atoms with Crippen LogP contribution in [-0.2, 0) is 12.8 Å². The Labute approximate surface area is 263 Å². The van der Waals surface area contributed by atoms with Gasteiger partial charge in [0.05, 0.1) is 17.2 Å². The molecule has 1 fully saturated rings. The number of nitrogens with zero attached hydrogens (tertiary/aromatic N) is 4. The van der Waals surface area contributed by atoms with Gasteiger partial charge in [-0.3, -0.25) is 14.9 Å². The highest BCUT2D eigenvalue weighted by molar-refractivity contribution is 6.05. The van der Waals surface area contributed by atoms with Gasteiger partial charge in [-0.15, -0.1) is 5.10 Å². The Bertz CT molecular complexity index is 1970. The van der Waals surface area contributed by atoms with Crippen LogP contribution in [0.3, 0.4) is 0 Å². The average Bonchev–Trinajstić information content (AvgIpc) is 3.53. The van der Waals surface area contributed by atoms with Gasteiger partial charge >= 0.3 is 0 Å². The number of amides is 1. The molecule has 0 bridgehead atoms. The van der Waals surface area contributed by atoms with Crippen molar-refractivity contribution in [3.63, 3.8) is 0 Å². The number of ether oxygens (including phenoxy) is 1. The van der Waals surface area contributed by atoms with Crippen LogP contribution in [0.2, 0.25) is 0 Å². The van der Waals surface area contributed by atoms with Crippen LogP contribution in [-0.4, -0.2) is 31.4 Å². The van der Waals surface area contributed by atoms with Crippen molar-refractivity contribution in [2.75, 3.05) is 5.32 Å². The van der Waals surface area contributed by atoms with E-state index in [4.69, 9.17) is 4.74 Å². The van der Waals surface area contributed by atoms with Crippen molar-refractivity contribution in [2.24, 2.45) is 0 Å². The standard InChI is InChI=1S/C35H29F2N5O4/c36-24-12-15-33-28(18-24)32(20-35(46-33)16-5-17-35)41-21-30(39-40-41)27-19-25(13-14-29(27)37)38-34(43)26-8-3-1-6-22(26)10-11-23-7-2-4-9-31(23)42(44)45/h1-4,6-9,12-15,18-19,21,32H,5,10-11,16-17,20H2,(H,38,43)/t32-/m1/s1. The SMILES string of the molecule is O=C(Nc1ccc(F)c(-c2cn([C@@H]3CC4(CCC4)Oc4ccc(F)cc43)nn2)c1)c1ccccc1CCc1ccccc1[N+](=O)[O-]. The summed E-state index contributed by atoms with van der Waals surface area (Å²) >= 11 is 0. The Balaban J connectivity index is 1.11. The number of carbonyl (C=O) groups is 1. The molecule has 2 aliphatic rings. The molecule has 1 atom stereocenters. The number of fused-ring (bicyclic) bond motifs is 1. The van der Waals surface area contributed by atoms with E-state index in [1.165, 1.54) is 36.4 Å². The molecule has 232 valence electrons. The Hall–Kier alpha value is -5.45. The van der Waals surface area contributed by atoms with Crippen LogP contribution in [0.5, 0.6) is 5.75 Å². The largest absolute Gasteiger partial charge is 0.487 e. The van der Waals surface area contributed by atoms with Crippen LogP contribution in [0.15, 0.2) is 91.1 Å². The number of nitro benzene ring substituents is 1. The number of para-hydroxylation sites is 1. The highest BCUT2D eigenvalue weighted by Crippen LogP contribution is 2.50. The summed E-state index contributed by atoms with van der Waals surface area (Å²) in [5.74, 6) is -0.697. The molecule has 4 aromatic carbocycles. The summed E-state index contributed by atoms with van der Waals surface area (Å²) in [6.07, 6.45) is 5.87. The molecule has 11 heteroatoms. The minimum Gasteiger partial charge on any atom is -0.487 e. The summed E-state index contributed by atoms with van der Waals surface area (Å²) in [4.78, 5) is 24.4. The Kier molecular flexibility index (Phi) is 7.51. The molecule has 7 rings (SSSR count). The van der Waals surface area contributed by atoms with E-state index in [-0.39, 0.29) is 34.4 Å². The molecule has 1 N–H and O–H groups in total. The number of nitrogens with one attached hydrogen (secondary N) is 1. The van der Waals surface area contributed by atoms with Gasteiger partial charge in [0.25, 0.3) is 11.6 Å². The number of benzene rings is 4. The van der Waals surface area contributed by atoms with E-state index < -0.39 is 16.6 Å². The van der Waals surface area contributed by atoms with E-state index in [1.54, 1.807) is 47.3 Å². The Morgan fingerprint density at radius 1 is 1.00 bits per heavy atom. The fourth-order valence-electron chi connectivity index (χ4n) is 6.40. The van der Waals surface area contributed by atoms with E-state index in [9.17, 15) is 19.3 Å². The number of nitro groups is 1. The lowest BCUT2D eigenvalue weighted by Gasteiger charge is -2.47. The molecule has 1 aromatic heterocycles. The second kappa shape index (κ2) is 11.8. The zero-order valence-electron chi connectivity index (χ0n) is 24.7. The van der Waals surface area contributed by atoms with Crippen LogP contribution < -0.4 is 10.1 Å². The van der Waals surface area contributed by atoms with Crippen LogP contribution in [0, 0.1) is 21.7 Å². The van der Waals surface area contributed by atoms with E-state index in [0.717, 1.165) is 24.8 Å². The Morgan fingerprint density at radius 3 is 2.54 bits per heavy atom. The fraction of sp³-hybridized carbons (Fsp3) is 0.229. The first kappa shape index (κ1) is 29.3. The molecule has 1 spiro atoms. The van der Waals surface area contributed by atoms with Gasteiger partial charge in [0.1, 0.15) is 28.7 Å². The number of carbonyl (C=O) groups excluding carboxylic acids is 1. The summed E-state index contributed by atoms with van der Waals surface area (Å²) in [5.41, 5.74) is 2.86. The number of hydrogen-bond acceptors (Lipinski definition) is 6. The minimum atomic E-state index is -0.538. The van der Waals surface area contributed by atoms with Crippen LogP contribution in [0.25, 0.3) is 11.3 Å². The first-order valence-corrected chi connectivity index (χ1v) is 15.1. The van der Waals surface area contributed by atoms with Gasteiger partial charge in [0, 0.05) is 40.4 Å². The fourth-order valence-corrected chi connectivity index (χ4v) is 6.40. The molecule has 0 unspecified atom stereocenters. The average molecular weight is 622 g/mol. The monoisotopic (exact) mass is 621 g/mol. The number of anilines is 1. The van der Waals surface area contributed by atoms with Gasteiger partial charge in [0.15, 0.2) is 0 Å². The number of aryl methyl sites for hydroxylation is 2. The van der Waals surface area contributed by atoms with Crippen molar-refractivity contribution in [1.29, 1.82) is 0 Å². The summed E-state index contributed by atoms with van der Waals surface area (Å²) in [6.45, 7) is 0. The zero-order chi connectivity index (χ0) is 31.8. The molecule has 1 amide bonds. The summed E-state index contributed by atoms with van der Waals surface area (Å²) < 4.78 is 37.3. The third-order valence-corrected chi connectivity index (χ3v) is 8.93. The maximum atomic E-state index is 15.2. The van der Waals surface area contributed by atoms with Gasteiger partial charge in [-0.05, 0) is 80.1 Å². The molecule has 1 saturated carbocycles. The maximum absolute atomic E-state index is 15.2. The molecule has 2 heterocycles. The molecule has 46 heavy (non-hydrogen) atoms. The smallest absolute Gasteiger partial charge is 0.272 e. The molecule has 1 aliphatic heterocycles. The summed E-state index contributed by atoms with van der Waals surface area (Å²) in [7, 11) is 0. The lowest BCUT2D eigenvalue weighted by molar-refractivity contribution is -0.385. The topological polar surface area (TPSA) is 112 Å². The van der Waals surface area contributed by atoms with Gasteiger partial charge in [0.2, 0.25) is 0 Å². The molecule has 9 nitrogen and oxygen atoms in total. The van der Waals surface area contributed by atoms with Crippen molar-refractivity contribution >= 4 is 17.3 Å². The van der Waals surface area contributed by atoms with Crippen molar-refractivity contribution in [3.8, 4) is 17.0 Å². The van der Waals surface area contributed by atoms with E-state index in [2.05, 4.69) is 15.6 Å². The quantitative estimate of drug-likeness (QED) is 0.142. The highest BCUT2D eigenvalue weighted by Gasteiger charge is 2.46. The van der Waals surface area contributed by atoms with Gasteiger partial charge in [-0.1, -0.05) is 41.6 Å². The molecular weight excluding hydrogens is 592 g/mol. The predicted octanol–water partition coefficient (Wildman–Crippen LogP) is 7.46. The van der Waals surface area contributed by atoms with Crippen molar-refractivity contribution in [1.82, 2.24) is 15.0 Å². The number of aromatic nitrogens is 3. The van der Waals surface area contributed by atoms with Crippen LogP contribution >= 0.6 is 0 Å². The van der Waals surface area contributed by atoms with E-state index >= 15 is 4.39 Å². The molecule has 0 radical (unpaired) electrons. The van der Waals surface area contributed by atoms with Crippen LogP contribution in [0.1, 0.15) is 58.8 Å². The number of halogens is 2. The molecule has 0 saturated heterocycles. The molecule has 5 aromatic rings. The number of rotatable bonds is 8. The van der Waals surface area contributed by atoms with Crippen molar-refractivity contribution in [2.45, 2.75) is 50.2 Å². The van der Waals surface area contributed by atoms with E-state index in [0.29, 0.717) is 47.4 Å². The van der Waals surface area contributed by atoms with Gasteiger partial charge in [-0.25, -0.2) is 13.5 Å². The van der Waals surface area contributed by atoms with Gasteiger partial charge < -0.3 is 10.1 Å². The third-order valence-electron chi connectivity index (χ3n) is 8.93. The number of hydrogen-bond donors (Lipinski definition) is 1. The van der Waals surface area contributed by atoms with Crippen molar-refractivity contribution in [3.05, 3.63) is 135 Å². The maximum Gasteiger partial charge on any atom is 0.272 e. The zero-order valence-corrected chi connectivity index (χ0v) is 24.7. The first-order valence-electron chi connectivity index (χ1n) is 15.1. The highest BCUT2D eigenvalue weighted by atomic mass is 19.1. The van der Waals surface area contributed by atoms with Crippen molar-refractivity contribution < 1.29 is 23.2 Å². The van der Waals surface area contributed by atoms with Gasteiger partial charge in [-0.2, -0.15) is 0 Å². The first-order chi connectivity index (χ1) is 22.3. The van der Waals surface area contributed by atoms with E-state index in [1.807, 2.05) is 12.1 Å². The third kappa shape index (κ3) is 5.60.